The molecule has 0 radical (unpaired) electrons. The van der Waals surface area contributed by atoms with Crippen molar-refractivity contribution in [2.75, 3.05) is 45.8 Å². The Bertz CT molecular complexity index is 552. The Morgan fingerprint density at radius 3 is 2.31 bits per heavy atom. The minimum atomic E-state index is -0.0852. The van der Waals surface area contributed by atoms with Gasteiger partial charge in [0.05, 0.1) is 6.04 Å². The minimum absolute atomic E-state index is 0. The lowest BCUT2D eigenvalue weighted by Gasteiger charge is -2.37. The lowest BCUT2D eigenvalue weighted by molar-refractivity contribution is -0.137. The summed E-state index contributed by atoms with van der Waals surface area (Å²) in [6, 6.07) is 10.5. The largest absolute Gasteiger partial charge is 0.339 e. The third kappa shape index (κ3) is 5.11. The van der Waals surface area contributed by atoms with Gasteiger partial charge >= 0.3 is 0 Å². The Labute approximate surface area is 169 Å². The molecular formula is C19H32Cl2N4O. The molecule has 1 unspecified atom stereocenters. The highest BCUT2D eigenvalue weighted by atomic mass is 35.5. The normalized spacial score (nSPS) is 25.3. The molecule has 1 aromatic carbocycles. The van der Waals surface area contributed by atoms with Crippen molar-refractivity contribution in [2.45, 2.75) is 31.8 Å². The second kappa shape index (κ2) is 10.5. The zero-order valence-electron chi connectivity index (χ0n) is 15.7. The first kappa shape index (κ1) is 23.2. The number of benzene rings is 1. The fraction of sp³-hybridized carbons (Fsp3) is 0.632. The van der Waals surface area contributed by atoms with Crippen molar-refractivity contribution in [1.29, 1.82) is 0 Å². The van der Waals surface area contributed by atoms with Crippen LogP contribution in [0.1, 0.15) is 25.3 Å². The smallest absolute Gasteiger partial charge is 0.239 e. The zero-order valence-corrected chi connectivity index (χ0v) is 17.3. The van der Waals surface area contributed by atoms with Crippen molar-refractivity contribution in [3.8, 4) is 0 Å². The molecule has 7 heteroatoms. The van der Waals surface area contributed by atoms with Crippen molar-refractivity contribution >= 4 is 30.7 Å². The van der Waals surface area contributed by atoms with E-state index in [0.29, 0.717) is 5.92 Å². The molecule has 0 bridgehead atoms. The zero-order chi connectivity index (χ0) is 17.1. The van der Waals surface area contributed by atoms with Gasteiger partial charge in [0.1, 0.15) is 0 Å². The molecule has 5 nitrogen and oxygen atoms in total. The molecule has 148 valence electrons. The van der Waals surface area contributed by atoms with E-state index >= 15 is 0 Å². The Balaban J connectivity index is 0.00000169. The summed E-state index contributed by atoms with van der Waals surface area (Å²) < 4.78 is 0. The van der Waals surface area contributed by atoms with Crippen LogP contribution in [0.3, 0.4) is 0 Å². The average molecular weight is 403 g/mol. The first-order valence-electron chi connectivity index (χ1n) is 9.16. The maximum absolute atomic E-state index is 12.9. The molecule has 3 atom stereocenters. The molecule has 1 aromatic rings. The summed E-state index contributed by atoms with van der Waals surface area (Å²) in [5.41, 5.74) is 7.66. The highest BCUT2D eigenvalue weighted by Crippen LogP contribution is 2.28. The standard InChI is InChI=1S/C19H30N4O.2ClH/c1-3-21-9-11-22(12-10-21)19(24)15(2)23-13-17(18(20)14-23)16-7-5-4-6-8-16;;/h4-8,15,17-18H,3,9-14,20H2,1-2H3;2*1H/t15?,17-,18+;;/m0../s1. The van der Waals surface area contributed by atoms with Crippen LogP contribution in [0.25, 0.3) is 0 Å². The van der Waals surface area contributed by atoms with Gasteiger partial charge in [-0.15, -0.1) is 24.8 Å². The maximum atomic E-state index is 12.9. The Hall–Kier alpha value is -0.850. The quantitative estimate of drug-likeness (QED) is 0.833. The number of hydrogen-bond donors (Lipinski definition) is 1. The number of nitrogens with two attached hydrogens (primary N) is 1. The third-order valence-corrected chi connectivity index (χ3v) is 5.66. The summed E-state index contributed by atoms with van der Waals surface area (Å²) in [6.45, 7) is 10.6. The van der Waals surface area contributed by atoms with Gasteiger partial charge < -0.3 is 15.5 Å². The van der Waals surface area contributed by atoms with E-state index in [0.717, 1.165) is 45.8 Å². The summed E-state index contributed by atoms with van der Waals surface area (Å²) in [4.78, 5) is 19.5. The van der Waals surface area contributed by atoms with Crippen molar-refractivity contribution in [3.63, 3.8) is 0 Å². The molecule has 2 heterocycles. The average Bonchev–Trinajstić information content (AvgIpc) is 3.03. The number of nitrogens with zero attached hydrogens (tertiary/aromatic N) is 3. The molecule has 0 saturated carbocycles. The van der Waals surface area contributed by atoms with E-state index in [4.69, 9.17) is 5.73 Å². The molecule has 2 aliphatic rings. The van der Waals surface area contributed by atoms with Crippen molar-refractivity contribution < 1.29 is 4.79 Å². The fourth-order valence-electron chi connectivity index (χ4n) is 3.93. The number of likely N-dealkylation sites (N-methyl/N-ethyl adjacent to an activating group) is 1. The Kier molecular flexibility index (Phi) is 9.34. The molecule has 0 spiro atoms. The van der Waals surface area contributed by atoms with E-state index in [1.165, 1.54) is 5.56 Å². The van der Waals surface area contributed by atoms with Crippen LogP contribution in [0.4, 0.5) is 0 Å². The summed E-state index contributed by atoms with van der Waals surface area (Å²) >= 11 is 0. The van der Waals surface area contributed by atoms with Crippen LogP contribution in [0, 0.1) is 0 Å². The van der Waals surface area contributed by atoms with E-state index in [2.05, 4.69) is 41.0 Å². The van der Waals surface area contributed by atoms with Crippen LogP contribution in [0.15, 0.2) is 30.3 Å². The molecule has 26 heavy (non-hydrogen) atoms. The molecule has 0 aromatic heterocycles. The monoisotopic (exact) mass is 402 g/mol. The SMILES string of the molecule is CCN1CCN(C(=O)C(C)N2C[C@@H](N)[C@H](c3ccccc3)C2)CC1.Cl.Cl. The van der Waals surface area contributed by atoms with Crippen LogP contribution in [0.2, 0.25) is 0 Å². The summed E-state index contributed by atoms with van der Waals surface area (Å²) in [7, 11) is 0. The first-order valence-corrected chi connectivity index (χ1v) is 9.16. The van der Waals surface area contributed by atoms with Gasteiger partial charge in [0, 0.05) is 51.2 Å². The lowest BCUT2D eigenvalue weighted by atomic mass is 9.95. The lowest BCUT2D eigenvalue weighted by Crippen LogP contribution is -2.54. The van der Waals surface area contributed by atoms with Crippen LogP contribution >= 0.6 is 24.8 Å². The van der Waals surface area contributed by atoms with Crippen molar-refractivity contribution in [1.82, 2.24) is 14.7 Å². The molecule has 1 amide bonds. The first-order chi connectivity index (χ1) is 11.6. The van der Waals surface area contributed by atoms with Gasteiger partial charge in [-0.2, -0.15) is 0 Å². The van der Waals surface area contributed by atoms with E-state index in [9.17, 15) is 4.79 Å². The number of likely N-dealkylation sites (tertiary alicyclic amines) is 1. The van der Waals surface area contributed by atoms with Gasteiger partial charge in [-0.3, -0.25) is 9.69 Å². The van der Waals surface area contributed by atoms with Gasteiger partial charge in [0.15, 0.2) is 0 Å². The molecule has 2 aliphatic heterocycles. The van der Waals surface area contributed by atoms with Crippen LogP contribution in [0.5, 0.6) is 0 Å². The fourth-order valence-corrected chi connectivity index (χ4v) is 3.93. The maximum Gasteiger partial charge on any atom is 0.239 e. The predicted molar refractivity (Wildman–Crippen MR) is 111 cm³/mol. The van der Waals surface area contributed by atoms with Crippen LogP contribution in [-0.2, 0) is 4.79 Å². The van der Waals surface area contributed by atoms with Gasteiger partial charge in [0.2, 0.25) is 5.91 Å². The highest BCUT2D eigenvalue weighted by Gasteiger charge is 2.37. The van der Waals surface area contributed by atoms with Gasteiger partial charge in [0.25, 0.3) is 0 Å². The molecule has 2 saturated heterocycles. The third-order valence-electron chi connectivity index (χ3n) is 5.66. The molecule has 0 aliphatic carbocycles. The highest BCUT2D eigenvalue weighted by molar-refractivity contribution is 5.85. The minimum Gasteiger partial charge on any atom is -0.339 e. The number of amides is 1. The number of halogens is 2. The number of carbonyl (C=O) groups excluding carboxylic acids is 1. The Morgan fingerprint density at radius 2 is 1.73 bits per heavy atom. The van der Waals surface area contributed by atoms with Gasteiger partial charge in [-0.25, -0.2) is 0 Å². The number of carbonyl (C=O) groups is 1. The van der Waals surface area contributed by atoms with Gasteiger partial charge in [-0.1, -0.05) is 37.3 Å². The molecular weight excluding hydrogens is 371 g/mol. The van der Waals surface area contributed by atoms with Gasteiger partial charge in [-0.05, 0) is 19.0 Å². The van der Waals surface area contributed by atoms with Crippen molar-refractivity contribution in [2.24, 2.45) is 5.73 Å². The van der Waals surface area contributed by atoms with E-state index in [-0.39, 0.29) is 42.8 Å². The van der Waals surface area contributed by atoms with E-state index in [1.807, 2.05) is 17.9 Å². The predicted octanol–water partition coefficient (Wildman–Crippen LogP) is 1.81. The molecule has 3 rings (SSSR count). The van der Waals surface area contributed by atoms with E-state index in [1.54, 1.807) is 0 Å². The second-order valence-electron chi connectivity index (χ2n) is 7.07. The summed E-state index contributed by atoms with van der Waals surface area (Å²) in [5, 5.41) is 0. The number of piperazine rings is 1. The van der Waals surface area contributed by atoms with E-state index < -0.39 is 0 Å². The topological polar surface area (TPSA) is 52.8 Å². The molecule has 2 N–H and O–H groups in total. The van der Waals surface area contributed by atoms with Crippen LogP contribution in [-0.4, -0.2) is 78.5 Å². The van der Waals surface area contributed by atoms with Crippen molar-refractivity contribution in [3.05, 3.63) is 35.9 Å². The van der Waals surface area contributed by atoms with Crippen LogP contribution < -0.4 is 5.73 Å². The second-order valence-corrected chi connectivity index (χ2v) is 7.07. The number of rotatable bonds is 4. The molecule has 2 fully saturated rings. The summed E-state index contributed by atoms with van der Waals surface area (Å²) in [5.74, 6) is 0.574. The Morgan fingerprint density at radius 1 is 1.12 bits per heavy atom. The number of hydrogen-bond acceptors (Lipinski definition) is 4. The summed E-state index contributed by atoms with van der Waals surface area (Å²) in [6.07, 6.45) is 0.